The molecule has 0 spiro atoms. The highest BCUT2D eigenvalue weighted by atomic mass is 32.2. The zero-order valence-electron chi connectivity index (χ0n) is 16.6. The zero-order chi connectivity index (χ0) is 21.9. The number of pyridine rings is 1. The summed E-state index contributed by atoms with van der Waals surface area (Å²) in [5.74, 6) is -0.827. The SMILES string of the molecule is CCCn1c(N)c(C(=O)CSc2ccc(S(=O)(=O)N(C)C)cn2)c(=O)n(C)c1=O. The van der Waals surface area contributed by atoms with E-state index >= 15 is 0 Å². The fraction of sp³-hybridized carbons (Fsp3) is 0.412. The molecular formula is C17H23N5O5S2. The highest BCUT2D eigenvalue weighted by Crippen LogP contribution is 2.20. The van der Waals surface area contributed by atoms with E-state index in [-0.39, 0.29) is 28.6 Å². The summed E-state index contributed by atoms with van der Waals surface area (Å²) in [6.45, 7) is 2.13. The third-order valence-corrected chi connectivity index (χ3v) is 6.89. The fourth-order valence-electron chi connectivity index (χ4n) is 2.51. The molecule has 2 N–H and O–H groups in total. The van der Waals surface area contributed by atoms with Gasteiger partial charge in [0, 0.05) is 33.9 Å². The molecule has 0 aromatic carbocycles. The molecule has 158 valence electrons. The van der Waals surface area contributed by atoms with E-state index in [1.54, 1.807) is 0 Å². The molecule has 2 aromatic heterocycles. The molecule has 0 aliphatic carbocycles. The Hall–Kier alpha value is -2.44. The molecule has 10 nitrogen and oxygen atoms in total. The number of nitrogens with two attached hydrogens (primary N) is 1. The van der Waals surface area contributed by atoms with Crippen LogP contribution in [0.15, 0.2) is 37.8 Å². The molecule has 0 unspecified atom stereocenters. The first-order valence-electron chi connectivity index (χ1n) is 8.66. The summed E-state index contributed by atoms with van der Waals surface area (Å²) in [4.78, 5) is 41.3. The summed E-state index contributed by atoms with van der Waals surface area (Å²) in [6, 6.07) is 2.87. The Morgan fingerprint density at radius 2 is 1.93 bits per heavy atom. The minimum Gasteiger partial charge on any atom is -0.384 e. The number of aromatic nitrogens is 3. The van der Waals surface area contributed by atoms with Gasteiger partial charge in [0.25, 0.3) is 5.56 Å². The van der Waals surface area contributed by atoms with Crippen LogP contribution in [-0.2, 0) is 23.6 Å². The van der Waals surface area contributed by atoms with E-state index in [2.05, 4.69) is 4.98 Å². The number of anilines is 1. The van der Waals surface area contributed by atoms with Gasteiger partial charge in [0.2, 0.25) is 10.0 Å². The first kappa shape index (κ1) is 22.8. The lowest BCUT2D eigenvalue weighted by atomic mass is 10.2. The smallest absolute Gasteiger partial charge is 0.332 e. The second kappa shape index (κ2) is 8.93. The maximum atomic E-state index is 12.6. The average Bonchev–Trinajstić information content (AvgIpc) is 2.68. The van der Waals surface area contributed by atoms with Crippen molar-refractivity contribution in [3.63, 3.8) is 0 Å². The first-order valence-corrected chi connectivity index (χ1v) is 11.1. The lowest BCUT2D eigenvalue weighted by molar-refractivity contribution is 0.102. The average molecular weight is 442 g/mol. The van der Waals surface area contributed by atoms with E-state index in [9.17, 15) is 22.8 Å². The normalized spacial score (nSPS) is 11.8. The van der Waals surface area contributed by atoms with Crippen molar-refractivity contribution >= 4 is 33.4 Å². The molecule has 12 heteroatoms. The molecule has 2 rings (SSSR count). The summed E-state index contributed by atoms with van der Waals surface area (Å²) < 4.78 is 27.3. The van der Waals surface area contributed by atoms with E-state index in [0.717, 1.165) is 20.6 Å². The molecule has 0 bridgehead atoms. The van der Waals surface area contributed by atoms with Crippen molar-refractivity contribution in [2.24, 2.45) is 7.05 Å². The summed E-state index contributed by atoms with van der Waals surface area (Å²) in [7, 11) is 0.533. The van der Waals surface area contributed by atoms with Crippen LogP contribution >= 0.6 is 11.8 Å². The second-order valence-electron chi connectivity index (χ2n) is 6.39. The number of nitrogens with zero attached hydrogens (tertiary/aromatic N) is 4. The Labute approximate surface area is 172 Å². The molecule has 0 radical (unpaired) electrons. The molecule has 0 amide bonds. The standard InChI is InChI=1S/C17H23N5O5S2/c1-5-8-22-15(18)14(16(24)21(4)17(22)25)12(23)10-28-13-7-6-11(9-19-13)29(26,27)20(2)3/h6-7,9H,5,8,10,18H2,1-4H3. The van der Waals surface area contributed by atoms with Crippen LogP contribution in [0.2, 0.25) is 0 Å². The minimum atomic E-state index is -3.60. The van der Waals surface area contributed by atoms with Crippen LogP contribution in [-0.4, -0.2) is 52.5 Å². The molecule has 0 saturated carbocycles. The number of hydrogen-bond acceptors (Lipinski definition) is 8. The number of Topliss-reactive ketones (excluding diaryl/α,β-unsaturated/α-hetero) is 1. The van der Waals surface area contributed by atoms with Gasteiger partial charge >= 0.3 is 5.69 Å². The fourth-order valence-corrected chi connectivity index (χ4v) is 4.07. The Morgan fingerprint density at radius 3 is 2.45 bits per heavy atom. The van der Waals surface area contributed by atoms with Crippen LogP contribution in [0.1, 0.15) is 23.7 Å². The van der Waals surface area contributed by atoms with Crippen LogP contribution in [0.4, 0.5) is 5.82 Å². The van der Waals surface area contributed by atoms with Crippen LogP contribution in [0.5, 0.6) is 0 Å². The molecule has 29 heavy (non-hydrogen) atoms. The lowest BCUT2D eigenvalue weighted by Gasteiger charge is -2.13. The van der Waals surface area contributed by atoms with Crippen molar-refractivity contribution < 1.29 is 13.2 Å². The van der Waals surface area contributed by atoms with E-state index in [0.29, 0.717) is 11.4 Å². The van der Waals surface area contributed by atoms with Crippen LogP contribution < -0.4 is 17.0 Å². The van der Waals surface area contributed by atoms with Gasteiger partial charge in [-0.25, -0.2) is 22.5 Å². The molecule has 0 aliphatic heterocycles. The monoisotopic (exact) mass is 441 g/mol. The second-order valence-corrected chi connectivity index (χ2v) is 9.54. The number of ketones is 1. The minimum absolute atomic E-state index is 0.0305. The van der Waals surface area contributed by atoms with Gasteiger partial charge in [0.1, 0.15) is 16.3 Å². The number of sulfonamides is 1. The molecular weight excluding hydrogens is 418 g/mol. The summed E-state index contributed by atoms with van der Waals surface area (Å²) in [6.07, 6.45) is 1.81. The Bertz CT molecular complexity index is 1130. The maximum Gasteiger partial charge on any atom is 0.332 e. The zero-order valence-corrected chi connectivity index (χ0v) is 18.2. The van der Waals surface area contributed by atoms with Gasteiger partial charge in [-0.3, -0.25) is 18.7 Å². The molecule has 0 aliphatic rings. The first-order chi connectivity index (χ1) is 13.5. The quantitative estimate of drug-likeness (QED) is 0.452. The van der Waals surface area contributed by atoms with Gasteiger partial charge in [0.05, 0.1) is 10.8 Å². The lowest BCUT2D eigenvalue weighted by Crippen LogP contribution is -2.42. The number of nitrogen functional groups attached to an aromatic ring is 1. The van der Waals surface area contributed by atoms with Crippen molar-refractivity contribution in [1.82, 2.24) is 18.4 Å². The third kappa shape index (κ3) is 4.60. The van der Waals surface area contributed by atoms with E-state index in [1.165, 1.54) is 44.0 Å². The number of carbonyl (C=O) groups excluding carboxylic acids is 1. The number of thioether (sulfide) groups is 1. The summed E-state index contributed by atoms with van der Waals surface area (Å²) >= 11 is 1.04. The van der Waals surface area contributed by atoms with Crippen LogP contribution in [0, 0.1) is 0 Å². The Morgan fingerprint density at radius 1 is 1.28 bits per heavy atom. The highest BCUT2D eigenvalue weighted by Gasteiger charge is 2.22. The van der Waals surface area contributed by atoms with E-state index < -0.39 is 27.1 Å². The molecule has 0 fully saturated rings. The third-order valence-electron chi connectivity index (χ3n) is 4.15. The van der Waals surface area contributed by atoms with Gasteiger partial charge in [-0.05, 0) is 18.6 Å². The van der Waals surface area contributed by atoms with E-state index in [1.807, 2.05) is 6.92 Å². The van der Waals surface area contributed by atoms with Gasteiger partial charge in [-0.2, -0.15) is 0 Å². The van der Waals surface area contributed by atoms with Crippen LogP contribution in [0.3, 0.4) is 0 Å². The molecule has 2 aromatic rings. The molecule has 0 atom stereocenters. The summed E-state index contributed by atoms with van der Waals surface area (Å²) in [5, 5.41) is 0.410. The Balaban J connectivity index is 2.26. The Kier molecular flexibility index (Phi) is 7.03. The van der Waals surface area contributed by atoms with Gasteiger partial charge < -0.3 is 5.73 Å². The highest BCUT2D eigenvalue weighted by molar-refractivity contribution is 7.99. The predicted octanol–water partition coefficient (Wildman–Crippen LogP) is 0.160. The van der Waals surface area contributed by atoms with Gasteiger partial charge in [-0.15, -0.1) is 0 Å². The molecule has 2 heterocycles. The predicted molar refractivity (Wildman–Crippen MR) is 111 cm³/mol. The summed E-state index contributed by atoms with van der Waals surface area (Å²) in [5.41, 5.74) is 4.39. The van der Waals surface area contributed by atoms with Crippen molar-refractivity contribution in [1.29, 1.82) is 0 Å². The van der Waals surface area contributed by atoms with Crippen molar-refractivity contribution in [2.75, 3.05) is 25.6 Å². The van der Waals surface area contributed by atoms with Crippen molar-refractivity contribution in [3.05, 3.63) is 44.7 Å². The van der Waals surface area contributed by atoms with Gasteiger partial charge in [-0.1, -0.05) is 18.7 Å². The van der Waals surface area contributed by atoms with E-state index in [4.69, 9.17) is 5.73 Å². The van der Waals surface area contributed by atoms with Crippen molar-refractivity contribution in [2.45, 2.75) is 29.8 Å². The molecule has 0 saturated heterocycles. The largest absolute Gasteiger partial charge is 0.384 e. The van der Waals surface area contributed by atoms with Crippen LogP contribution in [0.25, 0.3) is 0 Å². The number of carbonyl (C=O) groups is 1. The van der Waals surface area contributed by atoms with Crippen molar-refractivity contribution in [3.8, 4) is 0 Å². The number of rotatable bonds is 8. The van der Waals surface area contributed by atoms with Gasteiger partial charge in [0.15, 0.2) is 5.78 Å². The number of hydrogen-bond donors (Lipinski definition) is 1. The topological polar surface area (TPSA) is 137 Å². The maximum absolute atomic E-state index is 12.6.